The highest BCUT2D eigenvalue weighted by molar-refractivity contribution is 7.66. The van der Waals surface area contributed by atoms with Gasteiger partial charge in [0, 0.05) is 0 Å². The average Bonchev–Trinajstić information content (AvgIpc) is 3.10. The molecule has 0 spiro atoms. The number of aliphatic hydroxyl groups excluding tert-OH is 2. The van der Waals surface area contributed by atoms with Crippen molar-refractivity contribution in [3.63, 3.8) is 0 Å². The molecule has 3 aliphatic rings. The van der Waals surface area contributed by atoms with Crippen molar-refractivity contribution in [3.05, 3.63) is 0 Å². The van der Waals surface area contributed by atoms with E-state index in [-0.39, 0.29) is 11.7 Å². The zero-order valence-electron chi connectivity index (χ0n) is 15.8. The van der Waals surface area contributed by atoms with E-state index in [0.29, 0.717) is 0 Å². The lowest BCUT2D eigenvalue weighted by molar-refractivity contribution is -0.0504. The average molecular weight is 521 g/mol. The molecular weight excluding hydrogens is 503 g/mol. The largest absolute Gasteiger partial charge is 0.490 e. The Hall–Kier alpha value is -1.23. The number of nitrogens with one attached hydrogen (secondary N) is 1. The molecule has 3 heterocycles. The molecule has 3 aliphatic heterocycles. The number of hydrogen-bond donors (Lipinski definition) is 7. The van der Waals surface area contributed by atoms with Crippen LogP contribution in [0.25, 0.3) is 0 Å². The van der Waals surface area contributed by atoms with Crippen molar-refractivity contribution in [1.82, 2.24) is 4.90 Å². The summed E-state index contributed by atoms with van der Waals surface area (Å²) < 4.78 is 50.8. The minimum atomic E-state index is -5.71. The number of fused-ring (bicyclic) bond motifs is 1. The van der Waals surface area contributed by atoms with Crippen LogP contribution in [0.2, 0.25) is 0 Å². The predicted molar refractivity (Wildman–Crippen MR) is 103 cm³/mol. The summed E-state index contributed by atoms with van der Waals surface area (Å²) in [5.74, 6) is 0.0146. The summed E-state index contributed by atoms with van der Waals surface area (Å²) >= 11 is 0. The molecule has 0 radical (unpaired) electrons. The number of hydrogen-bond acceptors (Lipinski definition) is 13. The highest BCUT2D eigenvalue weighted by atomic mass is 31.3. The van der Waals surface area contributed by atoms with Crippen LogP contribution in [0.1, 0.15) is 6.92 Å². The van der Waals surface area contributed by atoms with Crippen LogP contribution >= 0.6 is 23.5 Å². The quantitative estimate of drug-likeness (QED) is 0.175. The number of aliphatic imine (C=N–C) groups is 3. The molecule has 21 heteroatoms. The Balaban J connectivity index is 1.66. The van der Waals surface area contributed by atoms with Crippen molar-refractivity contribution >= 4 is 47.8 Å². The first-order chi connectivity index (χ1) is 14.5. The molecule has 0 bridgehead atoms. The minimum absolute atomic E-state index is 0.140. The number of phosphoric acid groups is 3. The van der Waals surface area contributed by atoms with Crippen molar-refractivity contribution in [2.24, 2.45) is 15.0 Å². The Morgan fingerprint density at radius 2 is 1.81 bits per heavy atom. The number of rotatable bonds is 8. The third kappa shape index (κ3) is 5.29. The second kappa shape index (κ2) is 8.52. The molecule has 18 nitrogen and oxygen atoms in total. The molecule has 0 saturated carbocycles. The third-order valence-corrected chi connectivity index (χ3v) is 8.18. The highest BCUT2D eigenvalue weighted by Crippen LogP contribution is 2.66. The maximum absolute atomic E-state index is 11.8. The lowest BCUT2D eigenvalue weighted by Crippen LogP contribution is -2.52. The normalized spacial score (nSPS) is 36.0. The van der Waals surface area contributed by atoms with E-state index in [4.69, 9.17) is 24.8 Å². The van der Waals surface area contributed by atoms with E-state index in [2.05, 4.69) is 28.1 Å². The summed E-state index contributed by atoms with van der Waals surface area (Å²) in [7, 11) is -16.7. The maximum Gasteiger partial charge on any atom is 0.490 e. The molecule has 3 unspecified atom stereocenters. The maximum atomic E-state index is 11.8. The lowest BCUT2D eigenvalue weighted by atomic mass is 9.99. The molecule has 1 fully saturated rings. The van der Waals surface area contributed by atoms with Gasteiger partial charge in [-0.05, 0) is 6.92 Å². The molecule has 3 rings (SSSR count). The number of amidine groups is 2. The summed E-state index contributed by atoms with van der Waals surface area (Å²) in [6.07, 6.45) is -3.81. The van der Waals surface area contributed by atoms with Crippen molar-refractivity contribution in [3.8, 4) is 0 Å². The lowest BCUT2D eigenvalue weighted by Gasteiger charge is -2.31. The first-order valence-electron chi connectivity index (χ1n) is 8.38. The number of aliphatic hydroxyl groups is 2. The Bertz CT molecular complexity index is 1030. The van der Waals surface area contributed by atoms with Gasteiger partial charge in [0.15, 0.2) is 17.6 Å². The van der Waals surface area contributed by atoms with Gasteiger partial charge in [-0.1, -0.05) is 0 Å². The summed E-state index contributed by atoms with van der Waals surface area (Å²) in [4.78, 5) is 48.8. The van der Waals surface area contributed by atoms with Gasteiger partial charge in [0.25, 0.3) is 0 Å². The zero-order chi connectivity index (χ0) is 24.1. The van der Waals surface area contributed by atoms with Gasteiger partial charge in [-0.25, -0.2) is 23.7 Å². The van der Waals surface area contributed by atoms with Crippen LogP contribution in [0.15, 0.2) is 15.0 Å². The molecule has 0 aromatic heterocycles. The third-order valence-electron chi connectivity index (χ3n) is 4.38. The minimum Gasteiger partial charge on any atom is -0.387 e. The van der Waals surface area contributed by atoms with Crippen LogP contribution < -0.4 is 0 Å². The molecule has 0 aliphatic carbocycles. The molecular formula is C11H18N5O13P3. The molecule has 7 N–H and O–H groups in total. The van der Waals surface area contributed by atoms with Crippen LogP contribution in [-0.2, 0) is 31.6 Å². The Kier molecular flexibility index (Phi) is 6.76. The van der Waals surface area contributed by atoms with Crippen LogP contribution in [0.4, 0.5) is 0 Å². The predicted octanol–water partition coefficient (Wildman–Crippen LogP) is -1.70. The van der Waals surface area contributed by atoms with Crippen molar-refractivity contribution in [2.75, 3.05) is 6.61 Å². The van der Waals surface area contributed by atoms with Gasteiger partial charge >= 0.3 is 23.5 Å². The molecule has 180 valence electrons. The molecule has 32 heavy (non-hydrogen) atoms. The van der Waals surface area contributed by atoms with E-state index in [1.165, 1.54) is 18.2 Å². The Labute approximate surface area is 178 Å². The molecule has 0 aromatic rings. The van der Waals surface area contributed by atoms with Crippen LogP contribution in [0.3, 0.4) is 0 Å². The van der Waals surface area contributed by atoms with Gasteiger partial charge in [-0.3, -0.25) is 19.8 Å². The van der Waals surface area contributed by atoms with E-state index in [1.54, 1.807) is 0 Å². The van der Waals surface area contributed by atoms with Gasteiger partial charge in [0.05, 0.1) is 12.9 Å². The fourth-order valence-corrected chi connectivity index (χ4v) is 5.95. The Morgan fingerprint density at radius 1 is 1.16 bits per heavy atom. The number of phosphoric ester groups is 1. The van der Waals surface area contributed by atoms with Crippen LogP contribution in [0, 0.1) is 5.41 Å². The summed E-state index contributed by atoms with van der Waals surface area (Å²) in [5, 5.41) is 28.4. The van der Waals surface area contributed by atoms with Crippen molar-refractivity contribution in [1.29, 1.82) is 5.41 Å². The summed E-state index contributed by atoms with van der Waals surface area (Å²) in [6.45, 7) is 0.566. The molecule has 0 amide bonds. The van der Waals surface area contributed by atoms with E-state index in [0.717, 1.165) is 6.34 Å². The van der Waals surface area contributed by atoms with E-state index < -0.39 is 60.2 Å². The van der Waals surface area contributed by atoms with Gasteiger partial charge < -0.3 is 34.5 Å². The highest BCUT2D eigenvalue weighted by Gasteiger charge is 2.53. The first-order valence-corrected chi connectivity index (χ1v) is 12.9. The molecule has 7 atom stereocenters. The molecule has 1 saturated heterocycles. The van der Waals surface area contributed by atoms with Crippen LogP contribution in [0.5, 0.6) is 0 Å². The van der Waals surface area contributed by atoms with E-state index >= 15 is 0 Å². The Morgan fingerprint density at radius 3 is 2.44 bits per heavy atom. The standard InChI is InChI=1S/C11H18N5O13P3/c1-11-9(12)13-3-14-10(11)16(4-15-11)8-7(18)6(17)5(27-8)2-26-31(22,23)29-32(24,25)28-30(19,20)21/h3-8,12,17-18H,2H2,1H3,(H,22,23)(H,24,25)(H2,19,20,21)/t5-,6-,7-,8-,11?/m1/s1. The van der Waals surface area contributed by atoms with E-state index in [9.17, 15) is 28.8 Å². The van der Waals surface area contributed by atoms with Crippen LogP contribution in [-0.4, -0.2) is 95.7 Å². The number of ether oxygens (including phenoxy) is 1. The fraction of sp³-hybridized carbons (Fsp3) is 0.636. The van der Waals surface area contributed by atoms with Crippen molar-refractivity contribution in [2.45, 2.75) is 37.0 Å². The van der Waals surface area contributed by atoms with Crippen molar-refractivity contribution < 1.29 is 61.4 Å². The number of nitrogens with zero attached hydrogens (tertiary/aromatic N) is 4. The second-order valence-electron chi connectivity index (χ2n) is 6.70. The van der Waals surface area contributed by atoms with Gasteiger partial charge in [0.1, 0.15) is 30.5 Å². The smallest absolute Gasteiger partial charge is 0.387 e. The van der Waals surface area contributed by atoms with E-state index in [1.807, 2.05) is 0 Å². The zero-order valence-corrected chi connectivity index (χ0v) is 18.5. The van der Waals surface area contributed by atoms with Gasteiger partial charge in [0.2, 0.25) is 0 Å². The first kappa shape index (κ1) is 25.4. The topological polar surface area (TPSA) is 274 Å². The fourth-order valence-electron chi connectivity index (χ4n) is 2.92. The molecule has 0 aromatic carbocycles. The van der Waals surface area contributed by atoms with Gasteiger partial charge in [-0.15, -0.1) is 0 Å². The summed E-state index contributed by atoms with van der Waals surface area (Å²) in [5.41, 5.74) is -1.26. The SMILES string of the molecule is CC12N=CN([C@@H]3O[C@H](COP(=O)(O)OP(=O)(O)OP(=O)(O)O)[C@@H](O)[C@H]3O)C1=NC=NC2=N. The summed E-state index contributed by atoms with van der Waals surface area (Å²) in [6, 6.07) is 0. The van der Waals surface area contributed by atoms with Gasteiger partial charge in [-0.2, -0.15) is 8.62 Å². The second-order valence-corrected chi connectivity index (χ2v) is 11.1. The monoisotopic (exact) mass is 521 g/mol.